The molecule has 0 spiro atoms. The SMILES string of the molecule is CCCCC1=C([Si](C)(C)NC2CCCCC2)CC=C1. The van der Waals surface area contributed by atoms with Gasteiger partial charge >= 0.3 is 0 Å². The zero-order valence-corrected chi connectivity index (χ0v) is 14.1. The van der Waals surface area contributed by atoms with Crippen molar-refractivity contribution in [1.82, 2.24) is 4.98 Å². The van der Waals surface area contributed by atoms with Crippen LogP contribution in [0.3, 0.4) is 0 Å². The molecular formula is C17H31NSi. The molecule has 0 amide bonds. The van der Waals surface area contributed by atoms with Gasteiger partial charge in [0.15, 0.2) is 0 Å². The van der Waals surface area contributed by atoms with E-state index in [1.54, 1.807) is 10.8 Å². The standard InChI is InChI=1S/C17H31NSi/c1-4-5-10-15-11-9-14-17(15)19(2,3)18-16-12-7-6-8-13-16/h9,11,16,18H,4-8,10,12-14H2,1-3H3. The fourth-order valence-electron chi connectivity index (χ4n) is 3.65. The molecule has 2 heteroatoms. The number of unbranched alkanes of at least 4 members (excludes halogenated alkanes) is 1. The molecule has 1 fully saturated rings. The maximum atomic E-state index is 4.08. The van der Waals surface area contributed by atoms with E-state index in [1.807, 2.05) is 0 Å². The van der Waals surface area contributed by atoms with Crippen molar-refractivity contribution in [2.24, 2.45) is 0 Å². The van der Waals surface area contributed by atoms with Crippen molar-refractivity contribution < 1.29 is 0 Å². The third kappa shape index (κ3) is 4.06. The van der Waals surface area contributed by atoms with Crippen molar-refractivity contribution in [3.8, 4) is 0 Å². The van der Waals surface area contributed by atoms with Crippen molar-refractivity contribution >= 4 is 8.24 Å². The predicted molar refractivity (Wildman–Crippen MR) is 87.8 cm³/mol. The molecule has 108 valence electrons. The zero-order chi connectivity index (χ0) is 13.7. The Labute approximate surface area is 120 Å². The number of nitrogens with one attached hydrogen (secondary N) is 1. The van der Waals surface area contributed by atoms with E-state index in [0.717, 1.165) is 6.04 Å². The van der Waals surface area contributed by atoms with Crippen molar-refractivity contribution in [3.05, 3.63) is 22.9 Å². The summed E-state index contributed by atoms with van der Waals surface area (Å²) >= 11 is 0. The first-order valence-corrected chi connectivity index (χ1v) is 11.3. The second kappa shape index (κ2) is 6.89. The van der Waals surface area contributed by atoms with E-state index in [-0.39, 0.29) is 0 Å². The highest BCUT2D eigenvalue weighted by atomic mass is 28.3. The number of allylic oxidation sites excluding steroid dienone is 4. The summed E-state index contributed by atoms with van der Waals surface area (Å²) in [7, 11) is -1.40. The van der Waals surface area contributed by atoms with Crippen molar-refractivity contribution in [2.45, 2.75) is 83.8 Å². The minimum atomic E-state index is -1.40. The highest BCUT2D eigenvalue weighted by Crippen LogP contribution is 2.31. The van der Waals surface area contributed by atoms with Gasteiger partial charge < -0.3 is 4.98 Å². The summed E-state index contributed by atoms with van der Waals surface area (Å²) < 4.78 is 0. The van der Waals surface area contributed by atoms with Gasteiger partial charge in [-0.1, -0.05) is 68.6 Å². The Morgan fingerprint density at radius 2 is 1.95 bits per heavy atom. The van der Waals surface area contributed by atoms with E-state index in [9.17, 15) is 0 Å². The number of rotatable bonds is 6. The van der Waals surface area contributed by atoms with Gasteiger partial charge in [0.25, 0.3) is 0 Å². The third-order valence-electron chi connectivity index (χ3n) is 4.75. The molecule has 1 saturated carbocycles. The van der Waals surface area contributed by atoms with Crippen LogP contribution in [0.1, 0.15) is 64.7 Å². The second-order valence-corrected chi connectivity index (χ2v) is 11.0. The van der Waals surface area contributed by atoms with Crippen LogP contribution < -0.4 is 4.98 Å². The molecule has 0 atom stereocenters. The van der Waals surface area contributed by atoms with Gasteiger partial charge in [0.2, 0.25) is 0 Å². The van der Waals surface area contributed by atoms with Gasteiger partial charge in [-0.3, -0.25) is 0 Å². The van der Waals surface area contributed by atoms with E-state index in [2.05, 4.69) is 37.2 Å². The first-order chi connectivity index (χ1) is 9.13. The fourth-order valence-corrected chi connectivity index (χ4v) is 6.78. The van der Waals surface area contributed by atoms with Crippen LogP contribution in [0.2, 0.25) is 13.1 Å². The van der Waals surface area contributed by atoms with Crippen LogP contribution in [0.5, 0.6) is 0 Å². The molecule has 19 heavy (non-hydrogen) atoms. The van der Waals surface area contributed by atoms with E-state index >= 15 is 0 Å². The first kappa shape index (κ1) is 15.1. The van der Waals surface area contributed by atoms with Crippen molar-refractivity contribution in [1.29, 1.82) is 0 Å². The van der Waals surface area contributed by atoms with Gasteiger partial charge in [0.05, 0.1) is 0 Å². The van der Waals surface area contributed by atoms with Gasteiger partial charge in [-0.05, 0) is 32.1 Å². The van der Waals surface area contributed by atoms with Crippen LogP contribution in [-0.2, 0) is 0 Å². The van der Waals surface area contributed by atoms with Crippen LogP contribution in [-0.4, -0.2) is 14.3 Å². The highest BCUT2D eigenvalue weighted by molar-refractivity contribution is 6.82. The minimum absolute atomic E-state index is 0.802. The monoisotopic (exact) mass is 277 g/mol. The molecule has 1 N–H and O–H groups in total. The molecule has 0 aliphatic heterocycles. The van der Waals surface area contributed by atoms with E-state index in [0.29, 0.717) is 0 Å². The summed E-state index contributed by atoms with van der Waals surface area (Å²) in [6.45, 7) is 7.34. The largest absolute Gasteiger partial charge is 0.331 e. The number of hydrogen-bond acceptors (Lipinski definition) is 1. The first-order valence-electron chi connectivity index (χ1n) is 8.30. The molecule has 0 unspecified atom stereocenters. The van der Waals surface area contributed by atoms with Gasteiger partial charge in [-0.2, -0.15) is 0 Å². The molecule has 0 radical (unpaired) electrons. The molecular weight excluding hydrogens is 246 g/mol. The van der Waals surface area contributed by atoms with Gasteiger partial charge in [0.1, 0.15) is 8.24 Å². The molecule has 0 saturated heterocycles. The molecule has 2 aliphatic rings. The lowest BCUT2D eigenvalue weighted by Crippen LogP contribution is -2.52. The van der Waals surface area contributed by atoms with Crippen molar-refractivity contribution in [2.75, 3.05) is 0 Å². The van der Waals surface area contributed by atoms with E-state index < -0.39 is 8.24 Å². The molecule has 0 bridgehead atoms. The minimum Gasteiger partial charge on any atom is -0.331 e. The van der Waals surface area contributed by atoms with E-state index in [1.165, 1.54) is 57.8 Å². The quantitative estimate of drug-likeness (QED) is 0.666. The second-order valence-electron chi connectivity index (χ2n) is 6.82. The summed E-state index contributed by atoms with van der Waals surface area (Å²) in [5, 5.41) is 1.78. The number of hydrogen-bond donors (Lipinski definition) is 1. The highest BCUT2D eigenvalue weighted by Gasteiger charge is 2.31. The Balaban J connectivity index is 2.00. The fraction of sp³-hybridized carbons (Fsp3) is 0.765. The van der Waals surface area contributed by atoms with Crippen molar-refractivity contribution in [3.63, 3.8) is 0 Å². The Morgan fingerprint density at radius 1 is 1.21 bits per heavy atom. The normalized spacial score (nSPS) is 21.4. The van der Waals surface area contributed by atoms with Gasteiger partial charge in [-0.15, -0.1) is 0 Å². The Bertz CT molecular complexity index is 348. The van der Waals surface area contributed by atoms with Crippen LogP contribution in [0.25, 0.3) is 0 Å². The summed E-state index contributed by atoms with van der Waals surface area (Å²) in [4.78, 5) is 4.08. The molecule has 0 heterocycles. The van der Waals surface area contributed by atoms with Gasteiger partial charge in [-0.25, -0.2) is 0 Å². The lowest BCUT2D eigenvalue weighted by Gasteiger charge is -2.34. The summed E-state index contributed by atoms with van der Waals surface area (Å²) in [5.41, 5.74) is 1.67. The van der Waals surface area contributed by atoms with E-state index in [4.69, 9.17) is 0 Å². The predicted octanol–water partition coefficient (Wildman–Crippen LogP) is 5.10. The third-order valence-corrected chi connectivity index (χ3v) is 7.92. The van der Waals surface area contributed by atoms with Gasteiger partial charge in [0, 0.05) is 6.04 Å². The average molecular weight is 278 g/mol. The summed E-state index contributed by atoms with van der Waals surface area (Å²) in [6, 6.07) is 0.802. The molecule has 0 aromatic rings. The van der Waals surface area contributed by atoms with Crippen LogP contribution in [0.4, 0.5) is 0 Å². The maximum Gasteiger partial charge on any atom is 0.148 e. The Hall–Kier alpha value is -0.343. The smallest absolute Gasteiger partial charge is 0.148 e. The lowest BCUT2D eigenvalue weighted by atomic mass is 9.96. The zero-order valence-electron chi connectivity index (χ0n) is 13.1. The molecule has 2 rings (SSSR count). The summed E-state index contributed by atoms with van der Waals surface area (Å²) in [5.74, 6) is 0. The Morgan fingerprint density at radius 3 is 2.63 bits per heavy atom. The van der Waals surface area contributed by atoms with Crippen LogP contribution in [0.15, 0.2) is 22.9 Å². The van der Waals surface area contributed by atoms with Crippen LogP contribution >= 0.6 is 0 Å². The topological polar surface area (TPSA) is 12.0 Å². The molecule has 2 aliphatic carbocycles. The van der Waals surface area contributed by atoms with Crippen LogP contribution in [0, 0.1) is 0 Å². The maximum absolute atomic E-state index is 4.08. The molecule has 1 nitrogen and oxygen atoms in total. The Kier molecular flexibility index (Phi) is 5.46. The lowest BCUT2D eigenvalue weighted by molar-refractivity contribution is 0.414. The average Bonchev–Trinajstić information content (AvgIpc) is 2.86. The molecule has 0 aromatic carbocycles. The molecule has 0 aromatic heterocycles. The summed E-state index contributed by atoms with van der Waals surface area (Å²) in [6.07, 6.45) is 17.1.